The zero-order chi connectivity index (χ0) is 14.5. The molecular formula is C13H23N5O2. The summed E-state index contributed by atoms with van der Waals surface area (Å²) in [5.74, 6) is 0.610. The van der Waals surface area contributed by atoms with Gasteiger partial charge in [0.15, 0.2) is 5.82 Å². The highest BCUT2D eigenvalue weighted by Gasteiger charge is 2.34. The van der Waals surface area contributed by atoms with Crippen LogP contribution < -0.4 is 10.6 Å². The number of aryl methyl sites for hydroxylation is 1. The average Bonchev–Trinajstić information content (AvgIpc) is 3.04. The molecule has 1 saturated heterocycles. The molecule has 2 rings (SSSR count). The Morgan fingerprint density at radius 2 is 2.40 bits per heavy atom. The summed E-state index contributed by atoms with van der Waals surface area (Å²) >= 11 is 0. The Kier molecular flexibility index (Phi) is 5.08. The Hall–Kier alpha value is -1.47. The molecule has 1 aliphatic heterocycles. The van der Waals surface area contributed by atoms with Crippen LogP contribution in [0.25, 0.3) is 0 Å². The molecule has 0 saturated carbocycles. The lowest BCUT2D eigenvalue weighted by Crippen LogP contribution is -2.45. The first-order valence-corrected chi connectivity index (χ1v) is 7.08. The third kappa shape index (κ3) is 3.34. The summed E-state index contributed by atoms with van der Waals surface area (Å²) in [4.78, 5) is 12.3. The molecule has 0 aliphatic carbocycles. The van der Waals surface area contributed by atoms with Gasteiger partial charge in [0.25, 0.3) is 0 Å². The van der Waals surface area contributed by atoms with E-state index in [2.05, 4.69) is 27.8 Å². The number of rotatable bonds is 6. The van der Waals surface area contributed by atoms with Crippen LogP contribution in [0.1, 0.15) is 32.1 Å². The van der Waals surface area contributed by atoms with E-state index in [-0.39, 0.29) is 23.9 Å². The fourth-order valence-electron chi connectivity index (χ4n) is 2.41. The van der Waals surface area contributed by atoms with Gasteiger partial charge in [-0.05, 0) is 19.9 Å². The Morgan fingerprint density at radius 1 is 1.60 bits per heavy atom. The highest BCUT2D eigenvalue weighted by Crippen LogP contribution is 2.16. The van der Waals surface area contributed by atoms with Crippen molar-refractivity contribution in [2.24, 2.45) is 13.0 Å². The average molecular weight is 281 g/mol. The van der Waals surface area contributed by atoms with Crippen LogP contribution in [0.3, 0.4) is 0 Å². The van der Waals surface area contributed by atoms with Crippen molar-refractivity contribution in [2.75, 3.05) is 19.8 Å². The van der Waals surface area contributed by atoms with Crippen LogP contribution in [0.4, 0.5) is 0 Å². The van der Waals surface area contributed by atoms with E-state index < -0.39 is 0 Å². The lowest BCUT2D eigenvalue weighted by atomic mass is 10.0. The maximum absolute atomic E-state index is 12.3. The number of carbonyl (C=O) groups is 1. The smallest absolute Gasteiger partial charge is 0.227 e. The van der Waals surface area contributed by atoms with Crippen molar-refractivity contribution in [1.29, 1.82) is 0 Å². The molecular weight excluding hydrogens is 258 g/mol. The van der Waals surface area contributed by atoms with Crippen LogP contribution in [-0.2, 0) is 16.6 Å². The molecule has 0 aromatic carbocycles. The van der Waals surface area contributed by atoms with Crippen molar-refractivity contribution in [3.8, 4) is 0 Å². The Balaban J connectivity index is 1.92. The lowest BCUT2D eigenvalue weighted by Gasteiger charge is -2.20. The third-order valence-corrected chi connectivity index (χ3v) is 3.57. The van der Waals surface area contributed by atoms with E-state index in [1.807, 2.05) is 18.5 Å². The van der Waals surface area contributed by atoms with E-state index in [9.17, 15) is 4.79 Å². The minimum absolute atomic E-state index is 0.00611. The molecule has 2 heterocycles. The van der Waals surface area contributed by atoms with Crippen molar-refractivity contribution in [2.45, 2.75) is 32.4 Å². The largest absolute Gasteiger partial charge is 0.379 e. The standard InChI is InChI=1S/C13H23N5O2/c1-4-5-14-11-7-20-6-10(11)13(19)16-9(2)12-17-15-8-18(12)3/h8-11,14H,4-7H2,1-3H3,(H,16,19). The first-order valence-electron chi connectivity index (χ1n) is 7.08. The summed E-state index contributed by atoms with van der Waals surface area (Å²) in [5, 5.41) is 14.2. The van der Waals surface area contributed by atoms with Gasteiger partial charge in [0, 0.05) is 13.1 Å². The molecule has 0 radical (unpaired) electrons. The molecule has 1 aromatic rings. The molecule has 2 N–H and O–H groups in total. The summed E-state index contributed by atoms with van der Waals surface area (Å²) in [6, 6.07) is -0.0657. The Labute approximate surface area is 119 Å². The minimum atomic E-state index is -0.164. The van der Waals surface area contributed by atoms with Gasteiger partial charge < -0.3 is 19.9 Å². The number of amides is 1. The van der Waals surface area contributed by atoms with Gasteiger partial charge >= 0.3 is 0 Å². The number of hydrogen-bond donors (Lipinski definition) is 2. The summed E-state index contributed by atoms with van der Waals surface area (Å²) in [6.45, 7) is 5.98. The second kappa shape index (κ2) is 6.81. The normalized spacial score (nSPS) is 23.8. The molecule has 3 atom stereocenters. The molecule has 7 nitrogen and oxygen atoms in total. The third-order valence-electron chi connectivity index (χ3n) is 3.57. The monoisotopic (exact) mass is 281 g/mol. The zero-order valence-corrected chi connectivity index (χ0v) is 12.3. The lowest BCUT2D eigenvalue weighted by molar-refractivity contribution is -0.126. The van der Waals surface area contributed by atoms with E-state index >= 15 is 0 Å². The van der Waals surface area contributed by atoms with Gasteiger partial charge in [-0.25, -0.2) is 0 Å². The maximum atomic E-state index is 12.3. The second-order valence-corrected chi connectivity index (χ2v) is 5.23. The van der Waals surface area contributed by atoms with Gasteiger partial charge in [-0.3, -0.25) is 4.79 Å². The topological polar surface area (TPSA) is 81.1 Å². The number of ether oxygens (including phenoxy) is 1. The van der Waals surface area contributed by atoms with Gasteiger partial charge in [0.05, 0.1) is 25.2 Å². The van der Waals surface area contributed by atoms with Crippen LogP contribution in [0.2, 0.25) is 0 Å². The van der Waals surface area contributed by atoms with Gasteiger partial charge in [0.2, 0.25) is 5.91 Å². The van der Waals surface area contributed by atoms with Crippen LogP contribution in [0, 0.1) is 5.92 Å². The SMILES string of the molecule is CCCNC1COCC1C(=O)NC(C)c1nncn1C. The van der Waals surface area contributed by atoms with Crippen LogP contribution in [0.15, 0.2) is 6.33 Å². The predicted octanol–water partition coefficient (Wildman–Crippen LogP) is 0.00690. The van der Waals surface area contributed by atoms with Gasteiger partial charge in [-0.2, -0.15) is 0 Å². The summed E-state index contributed by atoms with van der Waals surface area (Å²) < 4.78 is 7.24. The van der Waals surface area contributed by atoms with Crippen LogP contribution in [-0.4, -0.2) is 46.5 Å². The number of aromatic nitrogens is 3. The van der Waals surface area contributed by atoms with Crippen LogP contribution >= 0.6 is 0 Å². The predicted molar refractivity (Wildman–Crippen MR) is 74.0 cm³/mol. The molecule has 112 valence electrons. The highest BCUT2D eigenvalue weighted by molar-refractivity contribution is 5.80. The molecule has 0 bridgehead atoms. The van der Waals surface area contributed by atoms with Crippen molar-refractivity contribution < 1.29 is 9.53 Å². The van der Waals surface area contributed by atoms with E-state index in [0.717, 1.165) is 18.8 Å². The Bertz CT molecular complexity index is 448. The number of nitrogens with one attached hydrogen (secondary N) is 2. The number of nitrogens with zero attached hydrogens (tertiary/aromatic N) is 3. The van der Waals surface area contributed by atoms with Crippen molar-refractivity contribution in [1.82, 2.24) is 25.4 Å². The molecule has 1 aromatic heterocycles. The van der Waals surface area contributed by atoms with E-state index in [4.69, 9.17) is 4.74 Å². The van der Waals surface area contributed by atoms with Crippen LogP contribution in [0.5, 0.6) is 0 Å². The van der Waals surface area contributed by atoms with Crippen molar-refractivity contribution in [3.05, 3.63) is 12.2 Å². The molecule has 1 amide bonds. The molecule has 1 aliphatic rings. The molecule has 3 unspecified atom stereocenters. The summed E-state index contributed by atoms with van der Waals surface area (Å²) in [5.41, 5.74) is 0. The fraction of sp³-hybridized carbons (Fsp3) is 0.769. The highest BCUT2D eigenvalue weighted by atomic mass is 16.5. The van der Waals surface area contributed by atoms with Gasteiger partial charge in [0.1, 0.15) is 6.33 Å². The van der Waals surface area contributed by atoms with Crippen molar-refractivity contribution >= 4 is 5.91 Å². The first-order chi connectivity index (χ1) is 9.63. The quantitative estimate of drug-likeness (QED) is 0.767. The fourth-order valence-corrected chi connectivity index (χ4v) is 2.41. The molecule has 1 fully saturated rings. The van der Waals surface area contributed by atoms with E-state index in [0.29, 0.717) is 13.2 Å². The van der Waals surface area contributed by atoms with E-state index in [1.54, 1.807) is 6.33 Å². The van der Waals surface area contributed by atoms with E-state index in [1.165, 1.54) is 0 Å². The summed E-state index contributed by atoms with van der Waals surface area (Å²) in [7, 11) is 1.86. The number of carbonyl (C=O) groups excluding carboxylic acids is 1. The zero-order valence-electron chi connectivity index (χ0n) is 12.3. The Morgan fingerprint density at radius 3 is 3.05 bits per heavy atom. The number of hydrogen-bond acceptors (Lipinski definition) is 5. The maximum Gasteiger partial charge on any atom is 0.227 e. The van der Waals surface area contributed by atoms with Gasteiger partial charge in [-0.1, -0.05) is 6.92 Å². The minimum Gasteiger partial charge on any atom is -0.379 e. The second-order valence-electron chi connectivity index (χ2n) is 5.23. The molecule has 0 spiro atoms. The molecule has 7 heteroatoms. The first kappa shape index (κ1) is 14.9. The molecule has 20 heavy (non-hydrogen) atoms. The summed E-state index contributed by atoms with van der Waals surface area (Å²) in [6.07, 6.45) is 2.67. The van der Waals surface area contributed by atoms with Crippen molar-refractivity contribution in [3.63, 3.8) is 0 Å². The van der Waals surface area contributed by atoms with Gasteiger partial charge in [-0.15, -0.1) is 10.2 Å².